The molecule has 0 heterocycles. The van der Waals surface area contributed by atoms with Crippen LogP contribution >= 0.6 is 0 Å². The van der Waals surface area contributed by atoms with E-state index in [1.54, 1.807) is 0 Å². The van der Waals surface area contributed by atoms with Gasteiger partial charge in [-0.1, -0.05) is 13.8 Å². The Kier molecular flexibility index (Phi) is 17.0. The Bertz CT molecular complexity index is 1460. The van der Waals surface area contributed by atoms with Crippen molar-refractivity contribution in [1.29, 1.82) is 0 Å². The van der Waals surface area contributed by atoms with Gasteiger partial charge < -0.3 is 29.2 Å². The SMILES string of the molecule is CCC(C)(C(=O)OC1CC2CC1CC2CC(O)(C(F)(F)F)C(F)(F)F)C(F)(F)F.CCC(C)OC1CC(C(O)(C(F)(F)F)C(F)(F)F)CC(C(OCOC)(C(F)(F)F)C(F)(F)F)C1. The maximum atomic E-state index is 13.9. The number of rotatable bonds is 13. The fraction of sp³-hybridized carbons (Fsp3) is 0.971. The lowest BCUT2D eigenvalue weighted by Crippen LogP contribution is -2.68. The molecule has 3 aliphatic carbocycles. The monoisotopic (exact) mass is 976 g/mol. The number of hydrogen-bond acceptors (Lipinski definition) is 7. The van der Waals surface area contributed by atoms with Crippen molar-refractivity contribution in [3.63, 3.8) is 0 Å². The maximum absolute atomic E-state index is 13.9. The van der Waals surface area contributed by atoms with Crippen LogP contribution in [0.4, 0.5) is 92.2 Å². The summed E-state index contributed by atoms with van der Waals surface area (Å²) >= 11 is 0. The molecule has 28 heteroatoms. The normalized spacial score (nSPS) is 27.4. The first kappa shape index (κ1) is 56.9. The molecule has 2 bridgehead atoms. The van der Waals surface area contributed by atoms with Crippen molar-refractivity contribution in [2.75, 3.05) is 13.9 Å². The molecule has 3 fully saturated rings. The first-order chi connectivity index (χ1) is 28.0. The molecule has 0 aromatic carbocycles. The molecule has 9 unspecified atom stereocenters. The zero-order chi connectivity index (χ0) is 49.6. The van der Waals surface area contributed by atoms with Crippen molar-refractivity contribution in [2.24, 2.45) is 35.0 Å². The van der Waals surface area contributed by atoms with E-state index in [4.69, 9.17) is 9.47 Å². The van der Waals surface area contributed by atoms with Gasteiger partial charge in [0.1, 0.15) is 12.9 Å². The van der Waals surface area contributed by atoms with Gasteiger partial charge in [-0.15, -0.1) is 0 Å². The van der Waals surface area contributed by atoms with E-state index in [2.05, 4.69) is 9.47 Å². The summed E-state index contributed by atoms with van der Waals surface area (Å²) in [5, 5.41) is 19.1. The van der Waals surface area contributed by atoms with Crippen LogP contribution in [0, 0.1) is 35.0 Å². The summed E-state index contributed by atoms with van der Waals surface area (Å²) in [7, 11) is 0.669. The molecule has 0 radical (unpaired) electrons. The first-order valence-electron chi connectivity index (χ1n) is 18.9. The quantitative estimate of drug-likeness (QED) is 0.108. The minimum Gasteiger partial charge on any atom is -0.461 e. The smallest absolute Gasteiger partial charge is 0.426 e. The van der Waals surface area contributed by atoms with Crippen LogP contribution in [0.2, 0.25) is 0 Å². The number of ether oxygens (including phenoxy) is 4. The van der Waals surface area contributed by atoms with E-state index in [-0.39, 0.29) is 25.7 Å². The third-order valence-electron chi connectivity index (χ3n) is 12.4. The third-order valence-corrected chi connectivity index (χ3v) is 12.4. The highest BCUT2D eigenvalue weighted by atomic mass is 19.4. The molecule has 3 saturated carbocycles. The predicted molar refractivity (Wildman–Crippen MR) is 171 cm³/mol. The fourth-order valence-electron chi connectivity index (χ4n) is 8.39. The molecule has 0 aromatic rings. The van der Waals surface area contributed by atoms with Crippen molar-refractivity contribution in [2.45, 2.75) is 164 Å². The van der Waals surface area contributed by atoms with E-state index >= 15 is 0 Å². The molecular weight excluding hydrogens is 931 g/mol. The van der Waals surface area contributed by atoms with E-state index in [1.807, 2.05) is 0 Å². The summed E-state index contributed by atoms with van der Waals surface area (Å²) in [4.78, 5) is 12.1. The van der Waals surface area contributed by atoms with Crippen LogP contribution in [0.5, 0.6) is 0 Å². The number of methoxy groups -OCH3 is 1. The lowest BCUT2D eigenvalue weighted by molar-refractivity contribution is -0.420. The van der Waals surface area contributed by atoms with Gasteiger partial charge in [0.15, 0.2) is 5.41 Å². The van der Waals surface area contributed by atoms with Gasteiger partial charge in [0.2, 0.25) is 0 Å². The van der Waals surface area contributed by atoms with Crippen LogP contribution < -0.4 is 0 Å². The molecule has 3 rings (SSSR count). The van der Waals surface area contributed by atoms with Gasteiger partial charge in [0.05, 0.1) is 12.2 Å². The molecule has 374 valence electrons. The van der Waals surface area contributed by atoms with Crippen LogP contribution in [0.1, 0.15) is 85.5 Å². The summed E-state index contributed by atoms with van der Waals surface area (Å²) < 4.78 is 299. The van der Waals surface area contributed by atoms with E-state index in [0.717, 1.165) is 6.92 Å². The van der Waals surface area contributed by atoms with E-state index in [0.29, 0.717) is 14.0 Å². The largest absolute Gasteiger partial charge is 0.461 e. The predicted octanol–water partition coefficient (Wildman–Crippen LogP) is 11.1. The van der Waals surface area contributed by atoms with Gasteiger partial charge in [-0.25, -0.2) is 0 Å². The van der Waals surface area contributed by atoms with Gasteiger partial charge in [-0.05, 0) is 89.4 Å². The highest BCUT2D eigenvalue weighted by Crippen LogP contribution is 2.60. The number of carbonyl (C=O) groups excluding carboxylic acids is 1. The molecule has 9 atom stereocenters. The van der Waals surface area contributed by atoms with Gasteiger partial charge in [0, 0.05) is 18.9 Å². The standard InChI is InChI=1S/C18H24F12O4.C17H21F9O3/c1-4-9(2)34-12-6-10(13(31,15(19,20)21)16(22,23)24)5-11(7-12)14(17(25,26)27,18(28,29)30)33-8-32-3;1-3-13(2,15(18,19)20)12(27)29-11-6-8-4-9(11)5-10(8)7-14(28,16(21,22)23)17(24,25)26/h9-12,31H,4-8H2,1-3H3;8-11,28H,3-7H2,1-2H3. The molecular formula is C35H45F21O7. The van der Waals surface area contributed by atoms with Crippen molar-refractivity contribution >= 4 is 5.97 Å². The minimum atomic E-state index is -6.47. The number of carbonyl (C=O) groups is 1. The summed E-state index contributed by atoms with van der Waals surface area (Å²) in [6, 6.07) is 0. The van der Waals surface area contributed by atoms with Gasteiger partial charge in [-0.3, -0.25) is 4.79 Å². The third kappa shape index (κ3) is 11.2. The number of hydrogen-bond donors (Lipinski definition) is 2. The average molecular weight is 977 g/mol. The zero-order valence-electron chi connectivity index (χ0n) is 33.6. The Balaban J connectivity index is 0.000000438. The summed E-state index contributed by atoms with van der Waals surface area (Å²) in [5.74, 6) is -10.2. The second-order valence-electron chi connectivity index (χ2n) is 16.3. The summed E-state index contributed by atoms with van der Waals surface area (Å²) in [6.07, 6.45) is -52.9. The molecule has 0 saturated heterocycles. The van der Waals surface area contributed by atoms with Gasteiger partial charge in [0.25, 0.3) is 16.8 Å². The van der Waals surface area contributed by atoms with Crippen LogP contribution in [-0.2, 0) is 23.7 Å². The highest BCUT2D eigenvalue weighted by molar-refractivity contribution is 5.77. The average Bonchev–Trinajstić information content (AvgIpc) is 3.67. The minimum absolute atomic E-state index is 0.0957. The Morgan fingerprint density at radius 1 is 0.619 bits per heavy atom. The molecule has 0 spiro atoms. The summed E-state index contributed by atoms with van der Waals surface area (Å²) in [6.45, 7) is 2.95. The lowest BCUT2D eigenvalue weighted by Gasteiger charge is -2.50. The second-order valence-corrected chi connectivity index (χ2v) is 16.3. The number of halogens is 21. The van der Waals surface area contributed by atoms with Crippen LogP contribution in [-0.4, -0.2) is 108 Å². The first-order valence-corrected chi connectivity index (χ1v) is 18.9. The van der Waals surface area contributed by atoms with E-state index in [1.165, 1.54) is 13.8 Å². The molecule has 0 amide bonds. The molecule has 0 aromatic heterocycles. The van der Waals surface area contributed by atoms with Crippen molar-refractivity contribution in [3.8, 4) is 0 Å². The molecule has 7 nitrogen and oxygen atoms in total. The van der Waals surface area contributed by atoms with Crippen LogP contribution in [0.15, 0.2) is 0 Å². The topological polar surface area (TPSA) is 94.5 Å². The Labute approximate surface area is 345 Å². The van der Waals surface area contributed by atoms with Crippen molar-refractivity contribution < 1.29 is 126 Å². The molecule has 0 aliphatic heterocycles. The highest BCUT2D eigenvalue weighted by Gasteiger charge is 2.79. The summed E-state index contributed by atoms with van der Waals surface area (Å²) in [5.41, 5.74) is -18.4. The van der Waals surface area contributed by atoms with Gasteiger partial charge in [-0.2, -0.15) is 92.2 Å². The molecule has 3 aliphatic rings. The van der Waals surface area contributed by atoms with Crippen molar-refractivity contribution in [3.05, 3.63) is 0 Å². The number of esters is 1. The van der Waals surface area contributed by atoms with E-state index in [9.17, 15) is 107 Å². The Morgan fingerprint density at radius 3 is 1.44 bits per heavy atom. The maximum Gasteiger partial charge on any atom is 0.426 e. The number of fused-ring (bicyclic) bond motifs is 2. The molecule has 63 heavy (non-hydrogen) atoms. The van der Waals surface area contributed by atoms with E-state index < -0.39 is 158 Å². The number of alkyl halides is 21. The Morgan fingerprint density at radius 2 is 1.10 bits per heavy atom. The number of aliphatic hydroxyl groups is 2. The van der Waals surface area contributed by atoms with Crippen LogP contribution in [0.3, 0.4) is 0 Å². The lowest BCUT2D eigenvalue weighted by atomic mass is 9.65. The van der Waals surface area contributed by atoms with Crippen LogP contribution in [0.25, 0.3) is 0 Å². The Hall–Kier alpha value is -2.20. The zero-order valence-corrected chi connectivity index (χ0v) is 33.6. The van der Waals surface area contributed by atoms with Gasteiger partial charge >= 0.3 is 49.2 Å². The van der Waals surface area contributed by atoms with Crippen molar-refractivity contribution in [1.82, 2.24) is 0 Å². The fourth-order valence-corrected chi connectivity index (χ4v) is 8.39. The molecule has 2 N–H and O–H groups in total. The second kappa shape index (κ2) is 18.8.